The van der Waals surface area contributed by atoms with Gasteiger partial charge in [-0.25, -0.2) is 4.79 Å². The number of urea groups is 1. The first-order valence-electron chi connectivity index (χ1n) is 10.2. The number of nitrogens with one attached hydrogen (secondary N) is 2. The van der Waals surface area contributed by atoms with E-state index >= 15 is 0 Å². The molecule has 1 aliphatic heterocycles. The molecular formula is C21H31N3O3S. The minimum Gasteiger partial charge on any atom is -0.347 e. The quantitative estimate of drug-likeness (QED) is 0.706. The van der Waals surface area contributed by atoms with E-state index in [1.165, 1.54) is 0 Å². The van der Waals surface area contributed by atoms with Crippen molar-refractivity contribution in [1.29, 1.82) is 0 Å². The van der Waals surface area contributed by atoms with Gasteiger partial charge >= 0.3 is 6.03 Å². The van der Waals surface area contributed by atoms with E-state index in [9.17, 15) is 14.4 Å². The Morgan fingerprint density at radius 3 is 2.64 bits per heavy atom. The molecule has 2 N–H and O–H groups in total. The van der Waals surface area contributed by atoms with Crippen molar-refractivity contribution >= 4 is 29.2 Å². The Bertz CT molecular complexity index is 736. The number of rotatable bonds is 6. The highest BCUT2D eigenvalue weighted by Crippen LogP contribution is 2.45. The van der Waals surface area contributed by atoms with Crippen molar-refractivity contribution in [3.05, 3.63) is 22.4 Å². The number of hydrogen-bond acceptors (Lipinski definition) is 4. The summed E-state index contributed by atoms with van der Waals surface area (Å²) in [5.41, 5.74) is -0.582. The van der Waals surface area contributed by atoms with Gasteiger partial charge < -0.3 is 10.6 Å². The Kier molecular flexibility index (Phi) is 5.84. The maximum absolute atomic E-state index is 13.0. The molecule has 1 atom stereocenters. The van der Waals surface area contributed by atoms with Crippen LogP contribution in [0.25, 0.3) is 0 Å². The van der Waals surface area contributed by atoms with Crippen LogP contribution in [0, 0.1) is 11.3 Å². The first kappa shape index (κ1) is 20.8. The molecule has 1 aromatic rings. The first-order chi connectivity index (χ1) is 13.2. The SMILES string of the molecule is CCC(C)(C)C1CCC2(CC1)NC(=O)N(CC(=O)NC(C)c1cccs1)C2=O. The Balaban J connectivity index is 1.60. The zero-order valence-corrected chi connectivity index (χ0v) is 18.0. The van der Waals surface area contributed by atoms with Crippen LogP contribution in [0.5, 0.6) is 0 Å². The Labute approximate surface area is 171 Å². The predicted octanol–water partition coefficient (Wildman–Crippen LogP) is 3.84. The molecule has 1 aliphatic carbocycles. The molecule has 1 saturated heterocycles. The highest BCUT2D eigenvalue weighted by atomic mass is 32.1. The largest absolute Gasteiger partial charge is 0.347 e. The average molecular weight is 406 g/mol. The summed E-state index contributed by atoms with van der Waals surface area (Å²) < 4.78 is 0. The molecule has 4 amide bonds. The molecule has 1 aromatic heterocycles. The van der Waals surface area contributed by atoms with Gasteiger partial charge in [0.2, 0.25) is 5.91 Å². The van der Waals surface area contributed by atoms with Gasteiger partial charge in [0.1, 0.15) is 12.1 Å². The molecule has 1 unspecified atom stereocenters. The van der Waals surface area contributed by atoms with Crippen LogP contribution in [-0.2, 0) is 9.59 Å². The highest BCUT2D eigenvalue weighted by Gasteiger charge is 2.53. The van der Waals surface area contributed by atoms with E-state index in [4.69, 9.17) is 0 Å². The third-order valence-corrected chi connectivity index (χ3v) is 7.81. The second-order valence-electron chi connectivity index (χ2n) is 8.82. The number of thiophene rings is 1. The van der Waals surface area contributed by atoms with Crippen molar-refractivity contribution in [3.8, 4) is 0 Å². The summed E-state index contributed by atoms with van der Waals surface area (Å²) in [4.78, 5) is 40.0. The van der Waals surface area contributed by atoms with E-state index in [-0.39, 0.29) is 29.8 Å². The summed E-state index contributed by atoms with van der Waals surface area (Å²) >= 11 is 1.56. The number of nitrogens with zero attached hydrogens (tertiary/aromatic N) is 1. The number of carbonyl (C=O) groups is 3. The molecular weight excluding hydrogens is 374 g/mol. The van der Waals surface area contributed by atoms with Gasteiger partial charge in [-0.05, 0) is 55.4 Å². The molecule has 1 saturated carbocycles. The van der Waals surface area contributed by atoms with E-state index in [0.29, 0.717) is 18.8 Å². The maximum Gasteiger partial charge on any atom is 0.325 e. The molecule has 0 aromatic carbocycles. The molecule has 28 heavy (non-hydrogen) atoms. The van der Waals surface area contributed by atoms with Gasteiger partial charge in [-0.3, -0.25) is 14.5 Å². The number of hydrogen-bond donors (Lipinski definition) is 2. The van der Waals surface area contributed by atoms with Crippen molar-refractivity contribution < 1.29 is 14.4 Å². The van der Waals surface area contributed by atoms with Gasteiger partial charge in [-0.15, -0.1) is 11.3 Å². The summed E-state index contributed by atoms with van der Waals surface area (Å²) in [5.74, 6) is -0.0109. The van der Waals surface area contributed by atoms with E-state index in [0.717, 1.165) is 29.0 Å². The molecule has 2 heterocycles. The lowest BCUT2D eigenvalue weighted by atomic mass is 9.65. The average Bonchev–Trinajstić information content (AvgIpc) is 3.26. The molecule has 0 radical (unpaired) electrons. The van der Waals surface area contributed by atoms with Crippen molar-refractivity contribution in [2.45, 2.75) is 71.4 Å². The van der Waals surface area contributed by atoms with Gasteiger partial charge in [0.25, 0.3) is 5.91 Å². The monoisotopic (exact) mass is 405 g/mol. The predicted molar refractivity (Wildman–Crippen MR) is 110 cm³/mol. The lowest BCUT2D eigenvalue weighted by molar-refractivity contribution is -0.136. The molecule has 0 bridgehead atoms. The van der Waals surface area contributed by atoms with Crippen LogP contribution in [0.3, 0.4) is 0 Å². The number of imide groups is 1. The maximum atomic E-state index is 13.0. The lowest BCUT2D eigenvalue weighted by Crippen LogP contribution is -2.51. The van der Waals surface area contributed by atoms with Gasteiger partial charge in [-0.2, -0.15) is 0 Å². The summed E-state index contributed by atoms with van der Waals surface area (Å²) in [5, 5.41) is 7.73. The van der Waals surface area contributed by atoms with Crippen LogP contribution in [0.15, 0.2) is 17.5 Å². The number of carbonyl (C=O) groups excluding carboxylic acids is 3. The fourth-order valence-electron chi connectivity index (χ4n) is 4.38. The topological polar surface area (TPSA) is 78.5 Å². The van der Waals surface area contributed by atoms with E-state index in [2.05, 4.69) is 31.4 Å². The third-order valence-electron chi connectivity index (χ3n) is 6.75. The van der Waals surface area contributed by atoms with Gasteiger partial charge in [0.05, 0.1) is 6.04 Å². The Hall–Kier alpha value is -1.89. The number of amides is 4. The van der Waals surface area contributed by atoms with Crippen molar-refractivity contribution in [3.63, 3.8) is 0 Å². The molecule has 6 nitrogen and oxygen atoms in total. The zero-order chi connectivity index (χ0) is 20.5. The van der Waals surface area contributed by atoms with Crippen LogP contribution in [0.4, 0.5) is 4.79 Å². The highest BCUT2D eigenvalue weighted by molar-refractivity contribution is 7.10. The van der Waals surface area contributed by atoms with Gasteiger partial charge in [-0.1, -0.05) is 33.3 Å². The molecule has 3 rings (SSSR count). The third kappa shape index (κ3) is 3.95. The van der Waals surface area contributed by atoms with Gasteiger partial charge in [0, 0.05) is 4.88 Å². The van der Waals surface area contributed by atoms with Crippen LogP contribution in [0.2, 0.25) is 0 Å². The molecule has 2 aliphatic rings. The summed E-state index contributed by atoms with van der Waals surface area (Å²) in [6.07, 6.45) is 4.23. The van der Waals surface area contributed by atoms with Crippen molar-refractivity contribution in [2.24, 2.45) is 11.3 Å². The van der Waals surface area contributed by atoms with Crippen LogP contribution in [-0.4, -0.2) is 34.8 Å². The second-order valence-corrected chi connectivity index (χ2v) is 9.80. The second kappa shape index (κ2) is 7.85. The normalized spacial score (nSPS) is 26.4. The smallest absolute Gasteiger partial charge is 0.325 e. The minimum atomic E-state index is -0.822. The Morgan fingerprint density at radius 1 is 1.39 bits per heavy atom. The summed E-state index contributed by atoms with van der Waals surface area (Å²) in [7, 11) is 0. The van der Waals surface area contributed by atoms with Crippen LogP contribution in [0.1, 0.15) is 70.7 Å². The Morgan fingerprint density at radius 2 is 2.07 bits per heavy atom. The summed E-state index contributed by atoms with van der Waals surface area (Å²) in [6.45, 7) is 8.41. The van der Waals surface area contributed by atoms with Gasteiger partial charge in [0.15, 0.2) is 0 Å². The first-order valence-corrected chi connectivity index (χ1v) is 11.0. The van der Waals surface area contributed by atoms with Crippen LogP contribution >= 0.6 is 11.3 Å². The van der Waals surface area contributed by atoms with E-state index in [1.54, 1.807) is 11.3 Å². The molecule has 7 heteroatoms. The fraction of sp³-hybridized carbons (Fsp3) is 0.667. The van der Waals surface area contributed by atoms with E-state index < -0.39 is 11.6 Å². The minimum absolute atomic E-state index is 0.144. The molecule has 1 spiro atoms. The lowest BCUT2D eigenvalue weighted by Gasteiger charge is -2.42. The van der Waals surface area contributed by atoms with Crippen molar-refractivity contribution in [1.82, 2.24) is 15.5 Å². The van der Waals surface area contributed by atoms with E-state index in [1.807, 2.05) is 24.4 Å². The standard InChI is InChI=1S/C21H31N3O3S/c1-5-20(3,4)15-8-10-21(11-9-15)18(26)24(19(27)23-21)13-17(25)22-14(2)16-7-6-12-28-16/h6-7,12,14-15H,5,8-11,13H2,1-4H3,(H,22,25)(H,23,27). The van der Waals surface area contributed by atoms with Crippen LogP contribution < -0.4 is 10.6 Å². The summed E-state index contributed by atoms with van der Waals surface area (Å²) in [6, 6.07) is 3.29. The molecule has 154 valence electrons. The fourth-order valence-corrected chi connectivity index (χ4v) is 5.11. The van der Waals surface area contributed by atoms with Crippen molar-refractivity contribution in [2.75, 3.05) is 6.54 Å². The zero-order valence-electron chi connectivity index (χ0n) is 17.2. The molecule has 2 fully saturated rings.